The lowest BCUT2D eigenvalue weighted by Gasteiger charge is -2.12. The van der Waals surface area contributed by atoms with Crippen LogP contribution in [0.25, 0.3) is 0 Å². The van der Waals surface area contributed by atoms with Gasteiger partial charge in [0.05, 0.1) is 25.4 Å². The van der Waals surface area contributed by atoms with Crippen molar-refractivity contribution in [1.29, 1.82) is 0 Å². The number of hydrogen-bond donors (Lipinski definition) is 1. The molecule has 0 aliphatic carbocycles. The van der Waals surface area contributed by atoms with Crippen LogP contribution in [-0.2, 0) is 9.47 Å². The lowest BCUT2D eigenvalue weighted by Crippen LogP contribution is -2.28. The van der Waals surface area contributed by atoms with Crippen LogP contribution in [0, 0.1) is 5.92 Å². The Morgan fingerprint density at radius 3 is 3.08 bits per heavy atom. The molecular formula is C10H19NO2. The molecule has 0 aromatic heterocycles. The fourth-order valence-electron chi connectivity index (χ4n) is 2.16. The molecule has 3 atom stereocenters. The molecule has 0 amide bonds. The Balaban J connectivity index is 1.67. The van der Waals surface area contributed by atoms with Crippen LogP contribution < -0.4 is 5.32 Å². The zero-order chi connectivity index (χ0) is 9.10. The highest BCUT2D eigenvalue weighted by molar-refractivity contribution is 4.86. The van der Waals surface area contributed by atoms with Crippen LogP contribution in [0.5, 0.6) is 0 Å². The molecule has 0 radical (unpaired) electrons. The van der Waals surface area contributed by atoms with Gasteiger partial charge in [-0.15, -0.1) is 0 Å². The number of fused-ring (bicyclic) bond motifs is 1. The van der Waals surface area contributed by atoms with E-state index in [1.54, 1.807) is 0 Å². The van der Waals surface area contributed by atoms with Crippen molar-refractivity contribution in [2.75, 3.05) is 26.3 Å². The molecule has 2 aliphatic heterocycles. The predicted octanol–water partition coefficient (Wildman–Crippen LogP) is 0.790. The summed E-state index contributed by atoms with van der Waals surface area (Å²) in [5.74, 6) is 0.674. The molecule has 2 heterocycles. The lowest BCUT2D eigenvalue weighted by molar-refractivity contribution is 0.0206. The number of hydrogen-bond acceptors (Lipinski definition) is 3. The average molecular weight is 185 g/mol. The first-order valence-electron chi connectivity index (χ1n) is 5.34. The smallest absolute Gasteiger partial charge is 0.0863 e. The lowest BCUT2D eigenvalue weighted by atomic mass is 10.0. The second kappa shape index (κ2) is 4.40. The van der Waals surface area contributed by atoms with Crippen molar-refractivity contribution in [3.63, 3.8) is 0 Å². The Bertz CT molecular complexity index is 151. The van der Waals surface area contributed by atoms with Gasteiger partial charge in [-0.25, -0.2) is 0 Å². The van der Waals surface area contributed by atoms with Gasteiger partial charge in [-0.3, -0.25) is 0 Å². The van der Waals surface area contributed by atoms with Crippen molar-refractivity contribution in [3.8, 4) is 0 Å². The second-order valence-electron chi connectivity index (χ2n) is 4.03. The van der Waals surface area contributed by atoms with Gasteiger partial charge in [-0.2, -0.15) is 0 Å². The molecule has 0 bridgehead atoms. The monoisotopic (exact) mass is 185 g/mol. The number of nitrogens with one attached hydrogen (secondary N) is 1. The SMILES string of the molecule is CCCNCC1C[C@@H]2COC[C@@H]2O1. The molecule has 0 saturated carbocycles. The normalized spacial score (nSPS) is 38.1. The van der Waals surface area contributed by atoms with E-state index in [4.69, 9.17) is 9.47 Å². The first-order valence-corrected chi connectivity index (χ1v) is 5.34. The summed E-state index contributed by atoms with van der Waals surface area (Å²) in [5.41, 5.74) is 0. The Morgan fingerprint density at radius 2 is 2.31 bits per heavy atom. The van der Waals surface area contributed by atoms with Gasteiger partial charge >= 0.3 is 0 Å². The van der Waals surface area contributed by atoms with Crippen LogP contribution in [-0.4, -0.2) is 38.5 Å². The molecule has 2 saturated heterocycles. The highest BCUT2D eigenvalue weighted by Gasteiger charge is 2.38. The summed E-state index contributed by atoms with van der Waals surface area (Å²) in [6.07, 6.45) is 3.21. The topological polar surface area (TPSA) is 30.5 Å². The van der Waals surface area contributed by atoms with Crippen LogP contribution in [0.15, 0.2) is 0 Å². The van der Waals surface area contributed by atoms with Gasteiger partial charge in [0.1, 0.15) is 0 Å². The van der Waals surface area contributed by atoms with Gasteiger partial charge in [-0.1, -0.05) is 6.92 Å². The van der Waals surface area contributed by atoms with E-state index < -0.39 is 0 Å². The molecule has 2 fully saturated rings. The Labute approximate surface area is 79.8 Å². The maximum absolute atomic E-state index is 5.84. The highest BCUT2D eigenvalue weighted by Crippen LogP contribution is 2.30. The van der Waals surface area contributed by atoms with Gasteiger partial charge in [0, 0.05) is 12.5 Å². The van der Waals surface area contributed by atoms with E-state index in [0.717, 1.165) is 26.3 Å². The summed E-state index contributed by atoms with van der Waals surface area (Å²) in [4.78, 5) is 0. The molecule has 1 unspecified atom stereocenters. The van der Waals surface area contributed by atoms with Crippen LogP contribution in [0.3, 0.4) is 0 Å². The van der Waals surface area contributed by atoms with E-state index in [2.05, 4.69) is 12.2 Å². The van der Waals surface area contributed by atoms with Gasteiger partial charge < -0.3 is 14.8 Å². The molecule has 3 nitrogen and oxygen atoms in total. The third kappa shape index (κ3) is 2.22. The summed E-state index contributed by atoms with van der Waals surface area (Å²) in [6, 6.07) is 0. The van der Waals surface area contributed by atoms with Crippen molar-refractivity contribution < 1.29 is 9.47 Å². The van der Waals surface area contributed by atoms with E-state index in [1.807, 2.05) is 0 Å². The zero-order valence-corrected chi connectivity index (χ0v) is 8.29. The molecule has 2 rings (SSSR count). The summed E-state index contributed by atoms with van der Waals surface area (Å²) >= 11 is 0. The van der Waals surface area contributed by atoms with Crippen LogP contribution in [0.4, 0.5) is 0 Å². The maximum Gasteiger partial charge on any atom is 0.0863 e. The molecule has 1 N–H and O–H groups in total. The van der Waals surface area contributed by atoms with Crippen molar-refractivity contribution >= 4 is 0 Å². The first kappa shape index (κ1) is 9.44. The quantitative estimate of drug-likeness (QED) is 0.657. The van der Waals surface area contributed by atoms with Crippen molar-refractivity contribution in [2.24, 2.45) is 5.92 Å². The summed E-state index contributed by atoms with van der Waals surface area (Å²) < 4.78 is 11.2. The van der Waals surface area contributed by atoms with Crippen molar-refractivity contribution in [3.05, 3.63) is 0 Å². The summed E-state index contributed by atoms with van der Waals surface area (Å²) in [6.45, 7) is 6.03. The van der Waals surface area contributed by atoms with Crippen molar-refractivity contribution in [2.45, 2.75) is 32.0 Å². The molecule has 3 heteroatoms. The van der Waals surface area contributed by atoms with Crippen molar-refractivity contribution in [1.82, 2.24) is 5.32 Å². The second-order valence-corrected chi connectivity index (χ2v) is 4.03. The van der Waals surface area contributed by atoms with E-state index in [1.165, 1.54) is 12.8 Å². The maximum atomic E-state index is 5.84. The molecule has 13 heavy (non-hydrogen) atoms. The minimum absolute atomic E-state index is 0.397. The molecule has 2 aliphatic rings. The molecule has 0 spiro atoms. The van der Waals surface area contributed by atoms with Gasteiger partial charge in [0.2, 0.25) is 0 Å². The van der Waals surface area contributed by atoms with Crippen LogP contribution in [0.1, 0.15) is 19.8 Å². The number of ether oxygens (including phenoxy) is 2. The number of rotatable bonds is 4. The van der Waals surface area contributed by atoms with Crippen LogP contribution in [0.2, 0.25) is 0 Å². The third-order valence-electron chi connectivity index (χ3n) is 2.87. The Hall–Kier alpha value is -0.120. The van der Waals surface area contributed by atoms with Gasteiger partial charge in [0.25, 0.3) is 0 Å². The minimum atomic E-state index is 0.397. The zero-order valence-electron chi connectivity index (χ0n) is 8.29. The van der Waals surface area contributed by atoms with E-state index in [-0.39, 0.29) is 0 Å². The molecule has 76 valence electrons. The fourth-order valence-corrected chi connectivity index (χ4v) is 2.16. The van der Waals surface area contributed by atoms with Gasteiger partial charge in [-0.05, 0) is 19.4 Å². The average Bonchev–Trinajstić information content (AvgIpc) is 2.64. The molecule has 0 aromatic carbocycles. The first-order chi connectivity index (χ1) is 6.40. The van der Waals surface area contributed by atoms with E-state index in [0.29, 0.717) is 18.1 Å². The Morgan fingerprint density at radius 1 is 1.38 bits per heavy atom. The standard InChI is InChI=1S/C10H19NO2/c1-2-3-11-5-9-4-8-6-12-7-10(8)13-9/h8-11H,2-7H2,1H3/t8-,9?,10+/m1/s1. The highest BCUT2D eigenvalue weighted by atomic mass is 16.6. The van der Waals surface area contributed by atoms with Gasteiger partial charge in [0.15, 0.2) is 0 Å². The van der Waals surface area contributed by atoms with E-state index >= 15 is 0 Å². The van der Waals surface area contributed by atoms with E-state index in [9.17, 15) is 0 Å². The fraction of sp³-hybridized carbons (Fsp3) is 1.00. The largest absolute Gasteiger partial charge is 0.378 e. The summed E-state index contributed by atoms with van der Waals surface area (Å²) in [7, 11) is 0. The Kier molecular flexibility index (Phi) is 3.19. The molecule has 0 aromatic rings. The summed E-state index contributed by atoms with van der Waals surface area (Å²) in [5, 5.41) is 3.40. The minimum Gasteiger partial charge on any atom is -0.378 e. The third-order valence-corrected chi connectivity index (χ3v) is 2.87. The van der Waals surface area contributed by atoms with Crippen LogP contribution >= 0.6 is 0 Å². The predicted molar refractivity (Wildman–Crippen MR) is 50.7 cm³/mol. The molecular weight excluding hydrogens is 166 g/mol.